The van der Waals surface area contributed by atoms with E-state index in [1.807, 2.05) is 30.3 Å². The molecule has 2 N–H and O–H groups in total. The predicted molar refractivity (Wildman–Crippen MR) is 92.7 cm³/mol. The standard InChI is InChI=1S/C19H27NO5/c1-13(20-17(23)24-12-14-8-6-5-7-9-14)15(21)19(10-11-19)16(22)25-18(2,3)4/h5-9,13,15,21H,10-12H2,1-4H3,(H,20,23). The molecule has 1 amide bonds. The van der Waals surface area contributed by atoms with Gasteiger partial charge in [0.2, 0.25) is 0 Å². The van der Waals surface area contributed by atoms with Gasteiger partial charge in [0.1, 0.15) is 12.2 Å². The fraction of sp³-hybridized carbons (Fsp3) is 0.579. The van der Waals surface area contributed by atoms with E-state index >= 15 is 0 Å². The number of benzene rings is 1. The first kappa shape index (κ1) is 19.2. The molecule has 6 heteroatoms. The van der Waals surface area contributed by atoms with Gasteiger partial charge in [0, 0.05) is 0 Å². The fourth-order valence-corrected chi connectivity index (χ4v) is 2.64. The van der Waals surface area contributed by atoms with Crippen molar-refractivity contribution in [3.63, 3.8) is 0 Å². The molecular weight excluding hydrogens is 322 g/mol. The highest BCUT2D eigenvalue weighted by Gasteiger charge is 2.59. The summed E-state index contributed by atoms with van der Waals surface area (Å²) in [5.41, 5.74) is -0.671. The zero-order valence-electron chi connectivity index (χ0n) is 15.2. The Hall–Kier alpha value is -2.08. The Bertz CT molecular complexity index is 604. The Labute approximate surface area is 148 Å². The van der Waals surface area contributed by atoms with Crippen LogP contribution in [0.4, 0.5) is 4.79 Å². The van der Waals surface area contributed by atoms with Gasteiger partial charge in [-0.1, -0.05) is 30.3 Å². The summed E-state index contributed by atoms with van der Waals surface area (Å²) in [5, 5.41) is 13.1. The van der Waals surface area contributed by atoms with Crippen LogP contribution in [-0.2, 0) is 20.9 Å². The van der Waals surface area contributed by atoms with E-state index in [0.717, 1.165) is 5.56 Å². The van der Waals surface area contributed by atoms with Gasteiger partial charge in [-0.3, -0.25) is 4.79 Å². The monoisotopic (exact) mass is 349 g/mol. The van der Waals surface area contributed by atoms with E-state index in [9.17, 15) is 14.7 Å². The number of esters is 1. The number of amides is 1. The molecule has 1 aromatic carbocycles. The smallest absolute Gasteiger partial charge is 0.407 e. The first-order valence-electron chi connectivity index (χ1n) is 8.53. The molecule has 138 valence electrons. The van der Waals surface area contributed by atoms with E-state index in [0.29, 0.717) is 12.8 Å². The van der Waals surface area contributed by atoms with Gasteiger partial charge in [0.15, 0.2) is 0 Å². The maximum absolute atomic E-state index is 12.4. The normalized spacial score (nSPS) is 18.0. The minimum Gasteiger partial charge on any atom is -0.459 e. The number of nitrogens with one attached hydrogen (secondary N) is 1. The van der Waals surface area contributed by atoms with Crippen molar-refractivity contribution in [2.24, 2.45) is 5.41 Å². The van der Waals surface area contributed by atoms with Crippen LogP contribution in [0.15, 0.2) is 30.3 Å². The summed E-state index contributed by atoms with van der Waals surface area (Å²) >= 11 is 0. The summed E-state index contributed by atoms with van der Waals surface area (Å²) in [5.74, 6) is -0.418. The number of ether oxygens (including phenoxy) is 2. The topological polar surface area (TPSA) is 84.9 Å². The van der Waals surface area contributed by atoms with E-state index in [2.05, 4.69) is 5.32 Å². The summed E-state index contributed by atoms with van der Waals surface area (Å²) in [6.07, 6.45) is -0.551. The molecule has 2 atom stereocenters. The van der Waals surface area contributed by atoms with Crippen molar-refractivity contribution < 1.29 is 24.2 Å². The predicted octanol–water partition coefficient (Wildman–Crippen LogP) is 2.78. The molecule has 0 heterocycles. The second-order valence-electron chi connectivity index (χ2n) is 7.60. The lowest BCUT2D eigenvalue weighted by Gasteiger charge is -2.29. The Morgan fingerprint density at radius 2 is 1.84 bits per heavy atom. The Morgan fingerprint density at radius 1 is 1.24 bits per heavy atom. The quantitative estimate of drug-likeness (QED) is 0.772. The highest BCUT2D eigenvalue weighted by atomic mass is 16.6. The lowest BCUT2D eigenvalue weighted by molar-refractivity contribution is -0.167. The lowest BCUT2D eigenvalue weighted by Crippen LogP contribution is -2.49. The zero-order chi connectivity index (χ0) is 18.7. The third-order valence-electron chi connectivity index (χ3n) is 4.19. The van der Waals surface area contributed by atoms with Crippen molar-refractivity contribution in [2.45, 2.75) is 64.9 Å². The van der Waals surface area contributed by atoms with E-state index < -0.39 is 35.2 Å². The molecule has 1 aliphatic carbocycles. The molecule has 1 saturated carbocycles. The van der Waals surface area contributed by atoms with E-state index in [4.69, 9.17) is 9.47 Å². The second kappa shape index (κ2) is 7.44. The van der Waals surface area contributed by atoms with Crippen LogP contribution in [0.2, 0.25) is 0 Å². The van der Waals surface area contributed by atoms with Crippen LogP contribution in [0, 0.1) is 5.41 Å². The maximum Gasteiger partial charge on any atom is 0.407 e. The van der Waals surface area contributed by atoms with Crippen molar-refractivity contribution in [2.75, 3.05) is 0 Å². The van der Waals surface area contributed by atoms with Gasteiger partial charge in [0.05, 0.1) is 17.6 Å². The van der Waals surface area contributed by atoms with Crippen LogP contribution in [-0.4, -0.2) is 34.9 Å². The maximum atomic E-state index is 12.4. The number of hydrogen-bond acceptors (Lipinski definition) is 5. The second-order valence-corrected chi connectivity index (χ2v) is 7.60. The molecule has 1 aliphatic rings. The van der Waals surface area contributed by atoms with E-state index in [-0.39, 0.29) is 6.61 Å². The molecule has 2 rings (SSSR count). The van der Waals surface area contributed by atoms with Crippen molar-refractivity contribution in [1.29, 1.82) is 0 Å². The molecule has 0 spiro atoms. The lowest BCUT2D eigenvalue weighted by atomic mass is 9.93. The molecule has 0 radical (unpaired) electrons. The molecule has 1 fully saturated rings. The van der Waals surface area contributed by atoms with Gasteiger partial charge in [-0.25, -0.2) is 4.79 Å². The summed E-state index contributed by atoms with van der Waals surface area (Å²) in [6.45, 7) is 7.16. The summed E-state index contributed by atoms with van der Waals surface area (Å²) in [4.78, 5) is 24.3. The van der Waals surface area contributed by atoms with Gasteiger partial charge in [0.25, 0.3) is 0 Å². The van der Waals surface area contributed by atoms with Gasteiger partial charge < -0.3 is 19.9 Å². The summed E-state index contributed by atoms with van der Waals surface area (Å²) < 4.78 is 10.5. The third kappa shape index (κ3) is 5.19. The molecule has 1 aromatic rings. The minimum atomic E-state index is -1.02. The highest BCUT2D eigenvalue weighted by Crippen LogP contribution is 2.51. The van der Waals surface area contributed by atoms with Crippen molar-refractivity contribution in [1.82, 2.24) is 5.32 Å². The molecule has 0 saturated heterocycles. The van der Waals surface area contributed by atoms with Crippen LogP contribution in [0.3, 0.4) is 0 Å². The number of carbonyl (C=O) groups excluding carboxylic acids is 2. The van der Waals surface area contributed by atoms with Crippen molar-refractivity contribution in [3.05, 3.63) is 35.9 Å². The third-order valence-corrected chi connectivity index (χ3v) is 4.19. The van der Waals surface area contributed by atoms with Crippen LogP contribution in [0.25, 0.3) is 0 Å². The number of rotatable bonds is 6. The molecule has 0 bridgehead atoms. The molecule has 0 aromatic heterocycles. The fourth-order valence-electron chi connectivity index (χ4n) is 2.64. The number of carbonyl (C=O) groups is 2. The molecule has 0 aliphatic heterocycles. The SMILES string of the molecule is CC(NC(=O)OCc1ccccc1)C(O)C1(C(=O)OC(C)(C)C)CC1. The average molecular weight is 349 g/mol. The molecule has 6 nitrogen and oxygen atoms in total. The van der Waals surface area contributed by atoms with Crippen molar-refractivity contribution >= 4 is 12.1 Å². The van der Waals surface area contributed by atoms with Gasteiger partial charge in [-0.15, -0.1) is 0 Å². The van der Waals surface area contributed by atoms with Gasteiger partial charge >= 0.3 is 12.1 Å². The zero-order valence-corrected chi connectivity index (χ0v) is 15.2. The van der Waals surface area contributed by atoms with Crippen LogP contribution >= 0.6 is 0 Å². The van der Waals surface area contributed by atoms with Gasteiger partial charge in [-0.05, 0) is 46.1 Å². The first-order chi connectivity index (χ1) is 11.6. The Balaban J connectivity index is 1.86. The van der Waals surface area contributed by atoms with Gasteiger partial charge in [-0.2, -0.15) is 0 Å². The molecule has 2 unspecified atom stereocenters. The number of hydrogen-bond donors (Lipinski definition) is 2. The average Bonchev–Trinajstić information content (AvgIpc) is 3.33. The number of alkyl carbamates (subject to hydrolysis) is 1. The van der Waals surface area contributed by atoms with Crippen LogP contribution in [0.5, 0.6) is 0 Å². The summed E-state index contributed by atoms with van der Waals surface area (Å²) in [6, 6.07) is 8.69. The Morgan fingerprint density at radius 3 is 2.36 bits per heavy atom. The summed E-state index contributed by atoms with van der Waals surface area (Å²) in [7, 11) is 0. The highest BCUT2D eigenvalue weighted by molar-refractivity contribution is 5.81. The van der Waals surface area contributed by atoms with E-state index in [1.54, 1.807) is 27.7 Å². The largest absolute Gasteiger partial charge is 0.459 e. The van der Waals surface area contributed by atoms with Crippen LogP contribution < -0.4 is 5.32 Å². The van der Waals surface area contributed by atoms with Crippen molar-refractivity contribution in [3.8, 4) is 0 Å². The van der Waals surface area contributed by atoms with E-state index in [1.165, 1.54) is 0 Å². The first-order valence-corrected chi connectivity index (χ1v) is 8.53. The molecular formula is C19H27NO5. The Kier molecular flexibility index (Phi) is 5.72. The number of aliphatic hydroxyl groups excluding tert-OH is 1. The minimum absolute atomic E-state index is 0.146. The molecule has 25 heavy (non-hydrogen) atoms. The number of aliphatic hydroxyl groups is 1. The van der Waals surface area contributed by atoms with Crippen LogP contribution in [0.1, 0.15) is 46.1 Å².